The monoisotopic (exact) mass is 416 g/mol. The van der Waals surface area contributed by atoms with Gasteiger partial charge in [0, 0.05) is 18.1 Å². The molecule has 0 heterocycles. The highest BCUT2D eigenvalue weighted by Crippen LogP contribution is 2.60. The van der Waals surface area contributed by atoms with Gasteiger partial charge in [0.05, 0.1) is 0 Å². The number of halogens is 2. The highest BCUT2D eigenvalue weighted by atomic mass is 28.4. The van der Waals surface area contributed by atoms with Crippen molar-refractivity contribution in [2.75, 3.05) is 0 Å². The molecule has 0 amide bonds. The molecule has 2 aliphatic rings. The lowest BCUT2D eigenvalue weighted by Gasteiger charge is -2.50. The van der Waals surface area contributed by atoms with Gasteiger partial charge in [0.15, 0.2) is 8.32 Å². The van der Waals surface area contributed by atoms with E-state index >= 15 is 0 Å². The molecule has 1 unspecified atom stereocenters. The number of allylic oxidation sites excluding steroid dienone is 1. The normalized spacial score (nSPS) is 33.1. The third-order valence-corrected chi connectivity index (χ3v) is 12.6. The Kier molecular flexibility index (Phi) is 6.57. The lowest BCUT2D eigenvalue weighted by Crippen LogP contribution is -2.50. The molecule has 0 aromatic heterocycles. The van der Waals surface area contributed by atoms with Crippen LogP contribution in [-0.4, -0.2) is 31.4 Å². The summed E-state index contributed by atoms with van der Waals surface area (Å²) < 4.78 is 36.2. The van der Waals surface area contributed by atoms with Crippen molar-refractivity contribution < 1.29 is 23.1 Å². The summed E-state index contributed by atoms with van der Waals surface area (Å²) in [7, 11) is -1.92. The van der Waals surface area contributed by atoms with Gasteiger partial charge in [-0.05, 0) is 67.1 Å². The van der Waals surface area contributed by atoms with Crippen molar-refractivity contribution in [1.82, 2.24) is 0 Å². The second kappa shape index (κ2) is 7.82. The first-order valence-electron chi connectivity index (χ1n) is 10.6. The minimum absolute atomic E-state index is 0.126. The first-order chi connectivity index (χ1) is 12.6. The molecule has 1 N–H and O–H groups in total. The van der Waals surface area contributed by atoms with Crippen molar-refractivity contribution >= 4 is 14.3 Å². The molecule has 0 bridgehead atoms. The lowest BCUT2D eigenvalue weighted by atomic mass is 9.61. The van der Waals surface area contributed by atoms with Crippen LogP contribution in [0.5, 0.6) is 0 Å². The van der Waals surface area contributed by atoms with Crippen molar-refractivity contribution in [3.8, 4) is 0 Å². The summed E-state index contributed by atoms with van der Waals surface area (Å²) in [6.45, 7) is 15.0. The third-order valence-electron chi connectivity index (χ3n) is 8.05. The van der Waals surface area contributed by atoms with E-state index in [1.807, 2.05) is 0 Å². The minimum atomic E-state index is -3.12. The average molecular weight is 417 g/mol. The summed E-state index contributed by atoms with van der Waals surface area (Å²) in [6, 6.07) is 0. The molecule has 2 aliphatic carbocycles. The Hall–Kier alpha value is -0.753. The third kappa shape index (κ3) is 4.53. The Morgan fingerprint density at radius 2 is 1.86 bits per heavy atom. The molecular formula is C22H38F2O3Si. The molecule has 6 heteroatoms. The van der Waals surface area contributed by atoms with Gasteiger partial charge in [0.1, 0.15) is 0 Å². The molecule has 0 radical (unpaired) electrons. The predicted molar refractivity (Wildman–Crippen MR) is 111 cm³/mol. The number of carboxylic acid groups (broad SMARTS) is 1. The fraction of sp³-hybridized carbons (Fsp3) is 0.864. The number of fused-ring (bicyclic) bond motifs is 1. The highest BCUT2D eigenvalue weighted by Gasteiger charge is 2.57. The van der Waals surface area contributed by atoms with Crippen LogP contribution in [0.1, 0.15) is 66.7 Å². The summed E-state index contributed by atoms with van der Waals surface area (Å²) in [4.78, 5) is 10.7. The second-order valence-corrected chi connectivity index (χ2v) is 15.5. The van der Waals surface area contributed by atoms with Gasteiger partial charge < -0.3 is 9.53 Å². The number of alkyl halides is 2. The molecule has 0 spiro atoms. The Morgan fingerprint density at radius 3 is 2.39 bits per heavy atom. The fourth-order valence-electron chi connectivity index (χ4n) is 5.28. The van der Waals surface area contributed by atoms with Crippen LogP contribution in [0.25, 0.3) is 0 Å². The molecule has 0 aromatic carbocycles. The van der Waals surface area contributed by atoms with E-state index in [2.05, 4.69) is 40.8 Å². The standard InChI is InChI=1S/C22H38F2O3Si/c1-15(22(23,24)14-12-19(25)26)16-10-11-17-18(9-8-13-21(16,17)5)27-28(6,7)20(2,3)4/h12,14-18H,8-11,13H2,1-7H3,(H,25,26)/b14-12+/t15?,16-,17+,18+,21-/m1/s1. The summed E-state index contributed by atoms with van der Waals surface area (Å²) in [5.74, 6) is -5.15. The maximum absolute atomic E-state index is 14.7. The lowest BCUT2D eigenvalue weighted by molar-refractivity contribution is -0.131. The first-order valence-corrected chi connectivity index (χ1v) is 13.5. The average Bonchev–Trinajstić information content (AvgIpc) is 2.89. The smallest absolute Gasteiger partial charge is 0.328 e. The van der Waals surface area contributed by atoms with E-state index in [-0.39, 0.29) is 22.5 Å². The molecule has 0 aliphatic heterocycles. The van der Waals surface area contributed by atoms with Gasteiger partial charge in [0.2, 0.25) is 0 Å². The van der Waals surface area contributed by atoms with Crippen LogP contribution in [0.3, 0.4) is 0 Å². The van der Waals surface area contributed by atoms with Crippen LogP contribution in [0, 0.1) is 23.2 Å². The van der Waals surface area contributed by atoms with Gasteiger partial charge in [-0.1, -0.05) is 41.0 Å². The van der Waals surface area contributed by atoms with E-state index < -0.39 is 26.1 Å². The zero-order valence-electron chi connectivity index (χ0n) is 18.5. The quantitative estimate of drug-likeness (QED) is 0.397. The van der Waals surface area contributed by atoms with Crippen LogP contribution >= 0.6 is 0 Å². The molecule has 5 atom stereocenters. The topological polar surface area (TPSA) is 46.5 Å². The van der Waals surface area contributed by atoms with Crippen molar-refractivity contribution in [3.63, 3.8) is 0 Å². The van der Waals surface area contributed by atoms with E-state index in [0.29, 0.717) is 18.1 Å². The largest absolute Gasteiger partial charge is 0.478 e. The van der Waals surface area contributed by atoms with Crippen LogP contribution in [0.2, 0.25) is 18.1 Å². The van der Waals surface area contributed by atoms with E-state index in [1.54, 1.807) is 6.92 Å². The number of hydrogen-bond acceptors (Lipinski definition) is 2. The van der Waals surface area contributed by atoms with Gasteiger partial charge in [-0.15, -0.1) is 0 Å². The minimum Gasteiger partial charge on any atom is -0.478 e. The molecule has 28 heavy (non-hydrogen) atoms. The van der Waals surface area contributed by atoms with Gasteiger partial charge in [0.25, 0.3) is 5.92 Å². The molecule has 2 fully saturated rings. The maximum atomic E-state index is 14.7. The zero-order valence-corrected chi connectivity index (χ0v) is 19.5. The van der Waals surface area contributed by atoms with E-state index in [1.165, 1.54) is 0 Å². The van der Waals surface area contributed by atoms with Crippen molar-refractivity contribution in [2.45, 2.75) is 96.9 Å². The van der Waals surface area contributed by atoms with Crippen LogP contribution in [0.15, 0.2) is 12.2 Å². The molecule has 162 valence electrons. The van der Waals surface area contributed by atoms with Crippen LogP contribution in [0.4, 0.5) is 8.78 Å². The van der Waals surface area contributed by atoms with E-state index in [9.17, 15) is 13.6 Å². The number of carbonyl (C=O) groups is 1. The van der Waals surface area contributed by atoms with Gasteiger partial charge in [-0.25, -0.2) is 13.6 Å². The van der Waals surface area contributed by atoms with E-state index in [0.717, 1.165) is 32.1 Å². The maximum Gasteiger partial charge on any atom is 0.328 e. The Balaban J connectivity index is 2.22. The summed E-state index contributed by atoms with van der Waals surface area (Å²) in [5, 5.41) is 8.86. The number of rotatable bonds is 6. The van der Waals surface area contributed by atoms with Gasteiger partial charge >= 0.3 is 5.97 Å². The van der Waals surface area contributed by atoms with Crippen molar-refractivity contribution in [1.29, 1.82) is 0 Å². The van der Waals surface area contributed by atoms with Crippen molar-refractivity contribution in [2.24, 2.45) is 23.2 Å². The number of hydrogen-bond donors (Lipinski definition) is 1. The molecule has 2 rings (SSSR count). The second-order valence-electron chi connectivity index (χ2n) is 10.7. The highest BCUT2D eigenvalue weighted by molar-refractivity contribution is 6.74. The Labute approximate surface area is 170 Å². The summed E-state index contributed by atoms with van der Waals surface area (Å²) in [5.41, 5.74) is -0.175. The summed E-state index contributed by atoms with van der Waals surface area (Å²) >= 11 is 0. The van der Waals surface area contributed by atoms with Gasteiger partial charge in [-0.2, -0.15) is 0 Å². The SMILES string of the molecule is CC([C@H]1CC[C@H]2[C@@H](O[Si](C)(C)C(C)(C)C)CCC[C@]12C)C(F)(F)/C=C/C(=O)O. The molecular weight excluding hydrogens is 378 g/mol. The predicted octanol–water partition coefficient (Wildman–Crippen LogP) is 6.51. The zero-order chi connectivity index (χ0) is 21.5. The molecule has 3 nitrogen and oxygen atoms in total. The Bertz CT molecular complexity index is 611. The molecule has 2 saturated carbocycles. The first kappa shape index (κ1) is 23.5. The molecule has 0 saturated heterocycles. The van der Waals surface area contributed by atoms with E-state index in [4.69, 9.17) is 9.53 Å². The van der Waals surface area contributed by atoms with Gasteiger partial charge in [-0.3, -0.25) is 0 Å². The number of aliphatic carboxylic acids is 1. The van der Waals surface area contributed by atoms with Crippen LogP contribution in [-0.2, 0) is 9.22 Å². The Morgan fingerprint density at radius 1 is 1.25 bits per heavy atom. The van der Waals surface area contributed by atoms with Crippen LogP contribution < -0.4 is 0 Å². The number of carboxylic acids is 1. The fourth-order valence-corrected chi connectivity index (χ4v) is 6.67. The molecule has 0 aromatic rings. The summed E-state index contributed by atoms with van der Waals surface area (Å²) in [6.07, 6.45) is 5.95. The van der Waals surface area contributed by atoms with Crippen molar-refractivity contribution in [3.05, 3.63) is 12.2 Å².